The van der Waals surface area contributed by atoms with Crippen molar-refractivity contribution in [3.63, 3.8) is 0 Å². The van der Waals surface area contributed by atoms with Crippen LogP contribution in [0.25, 0.3) is 0 Å². The molecule has 0 aromatic carbocycles. The van der Waals surface area contributed by atoms with Gasteiger partial charge in [0.25, 0.3) is 0 Å². The van der Waals surface area contributed by atoms with Crippen LogP contribution >= 0.6 is 0 Å². The molecule has 0 aromatic heterocycles. The fourth-order valence-corrected chi connectivity index (χ4v) is 2.77. The van der Waals surface area contributed by atoms with Crippen molar-refractivity contribution in [1.29, 1.82) is 0 Å². The SMILES string of the molecule is CCC1CN(CCC(C)(C)OC)C(C(C)(C)C)CN1. The van der Waals surface area contributed by atoms with E-state index in [9.17, 15) is 0 Å². The van der Waals surface area contributed by atoms with Crippen LogP contribution < -0.4 is 5.32 Å². The van der Waals surface area contributed by atoms with E-state index in [1.165, 1.54) is 6.42 Å². The van der Waals surface area contributed by atoms with Gasteiger partial charge < -0.3 is 10.1 Å². The summed E-state index contributed by atoms with van der Waals surface area (Å²) in [6, 6.07) is 1.26. The molecule has 2 atom stereocenters. The minimum atomic E-state index is -0.0188. The Balaban J connectivity index is 2.66. The topological polar surface area (TPSA) is 24.5 Å². The van der Waals surface area contributed by atoms with Crippen molar-refractivity contribution in [3.8, 4) is 0 Å². The van der Waals surface area contributed by atoms with Crippen molar-refractivity contribution in [2.45, 2.75) is 72.1 Å². The van der Waals surface area contributed by atoms with Crippen LogP contribution in [-0.2, 0) is 4.74 Å². The quantitative estimate of drug-likeness (QED) is 0.831. The highest BCUT2D eigenvalue weighted by atomic mass is 16.5. The monoisotopic (exact) mass is 270 g/mol. The average Bonchev–Trinajstić information content (AvgIpc) is 2.35. The fraction of sp³-hybridized carbons (Fsp3) is 1.00. The molecular formula is C16H34N2O. The molecule has 0 saturated carbocycles. The second kappa shape index (κ2) is 6.55. The molecular weight excluding hydrogens is 236 g/mol. The van der Waals surface area contributed by atoms with E-state index in [0.717, 1.165) is 26.1 Å². The van der Waals surface area contributed by atoms with Crippen LogP contribution in [0, 0.1) is 5.41 Å². The van der Waals surface area contributed by atoms with Crippen molar-refractivity contribution >= 4 is 0 Å². The van der Waals surface area contributed by atoms with Gasteiger partial charge in [-0.15, -0.1) is 0 Å². The molecule has 3 nitrogen and oxygen atoms in total. The van der Waals surface area contributed by atoms with Crippen molar-refractivity contribution in [1.82, 2.24) is 10.2 Å². The number of nitrogens with zero attached hydrogens (tertiary/aromatic N) is 1. The molecule has 2 unspecified atom stereocenters. The minimum absolute atomic E-state index is 0.0188. The van der Waals surface area contributed by atoms with Crippen LogP contribution in [0.3, 0.4) is 0 Å². The molecule has 1 aliphatic heterocycles. The van der Waals surface area contributed by atoms with Gasteiger partial charge in [-0.3, -0.25) is 4.90 Å². The summed E-state index contributed by atoms with van der Waals surface area (Å²) in [4.78, 5) is 2.67. The first-order valence-corrected chi connectivity index (χ1v) is 7.72. The second-order valence-electron chi connectivity index (χ2n) is 7.60. The van der Waals surface area contributed by atoms with Gasteiger partial charge in [-0.25, -0.2) is 0 Å². The predicted octanol–water partition coefficient (Wildman–Crippen LogP) is 2.90. The zero-order valence-electron chi connectivity index (χ0n) is 14.0. The third-order valence-corrected chi connectivity index (χ3v) is 4.54. The maximum Gasteiger partial charge on any atom is 0.0634 e. The summed E-state index contributed by atoms with van der Waals surface area (Å²) in [5, 5.41) is 3.69. The summed E-state index contributed by atoms with van der Waals surface area (Å²) in [7, 11) is 1.81. The van der Waals surface area contributed by atoms with Crippen molar-refractivity contribution in [3.05, 3.63) is 0 Å². The molecule has 0 spiro atoms. The highest BCUT2D eigenvalue weighted by molar-refractivity contribution is 4.92. The Morgan fingerprint density at radius 1 is 1.21 bits per heavy atom. The highest BCUT2D eigenvalue weighted by Crippen LogP contribution is 2.28. The molecule has 1 heterocycles. The van der Waals surface area contributed by atoms with Crippen LogP contribution in [0.2, 0.25) is 0 Å². The smallest absolute Gasteiger partial charge is 0.0634 e. The van der Waals surface area contributed by atoms with Crippen LogP contribution in [0.1, 0.15) is 54.4 Å². The number of ether oxygens (including phenoxy) is 1. The predicted molar refractivity (Wildman–Crippen MR) is 82.6 cm³/mol. The molecule has 0 radical (unpaired) electrons. The van der Waals surface area contributed by atoms with Gasteiger partial charge in [0.05, 0.1) is 5.60 Å². The van der Waals surface area contributed by atoms with Crippen LogP contribution in [-0.4, -0.2) is 49.3 Å². The van der Waals surface area contributed by atoms with E-state index in [-0.39, 0.29) is 5.60 Å². The molecule has 0 amide bonds. The Labute approximate surface area is 120 Å². The standard InChI is InChI=1S/C16H34N2O/c1-8-13-12-18(10-9-16(5,6)19-7)14(11-17-13)15(2,3)4/h13-14,17H,8-12H2,1-7H3. The minimum Gasteiger partial charge on any atom is -0.379 e. The van der Waals surface area contributed by atoms with E-state index < -0.39 is 0 Å². The van der Waals surface area contributed by atoms with Gasteiger partial charge in [0.1, 0.15) is 0 Å². The van der Waals surface area contributed by atoms with Gasteiger partial charge in [0.2, 0.25) is 0 Å². The first kappa shape index (κ1) is 16.9. The lowest BCUT2D eigenvalue weighted by Gasteiger charge is -2.47. The summed E-state index contributed by atoms with van der Waals surface area (Å²) in [5.41, 5.74) is 0.304. The molecule has 1 N–H and O–H groups in total. The van der Waals surface area contributed by atoms with Crippen LogP contribution in [0.15, 0.2) is 0 Å². The average molecular weight is 270 g/mol. The number of nitrogens with one attached hydrogen (secondary N) is 1. The van der Waals surface area contributed by atoms with Crippen molar-refractivity contribution < 1.29 is 4.74 Å². The maximum atomic E-state index is 5.56. The number of rotatable bonds is 5. The molecule has 1 aliphatic rings. The number of hydrogen-bond acceptors (Lipinski definition) is 3. The van der Waals surface area contributed by atoms with Gasteiger partial charge in [0.15, 0.2) is 0 Å². The first-order chi connectivity index (χ1) is 8.69. The lowest BCUT2D eigenvalue weighted by atomic mass is 9.83. The third kappa shape index (κ3) is 5.05. The van der Waals surface area contributed by atoms with Crippen LogP contribution in [0.4, 0.5) is 0 Å². The van der Waals surface area contributed by atoms with Crippen molar-refractivity contribution in [2.24, 2.45) is 5.41 Å². The molecule has 3 heteroatoms. The largest absolute Gasteiger partial charge is 0.379 e. The summed E-state index contributed by atoms with van der Waals surface area (Å²) in [6.45, 7) is 17.1. The van der Waals surface area contributed by atoms with E-state index in [1.807, 2.05) is 7.11 Å². The number of methoxy groups -OCH3 is 1. The molecule has 1 rings (SSSR count). The normalized spacial score (nSPS) is 26.7. The van der Waals surface area contributed by atoms with E-state index >= 15 is 0 Å². The third-order valence-electron chi connectivity index (χ3n) is 4.54. The van der Waals surface area contributed by atoms with Gasteiger partial charge in [-0.1, -0.05) is 27.7 Å². The Morgan fingerprint density at radius 2 is 1.84 bits per heavy atom. The van der Waals surface area contributed by atoms with Crippen molar-refractivity contribution in [2.75, 3.05) is 26.7 Å². The summed E-state index contributed by atoms with van der Waals surface area (Å²) >= 11 is 0. The van der Waals surface area contributed by atoms with Gasteiger partial charge >= 0.3 is 0 Å². The molecule has 1 saturated heterocycles. The molecule has 19 heavy (non-hydrogen) atoms. The van der Waals surface area contributed by atoms with E-state index in [4.69, 9.17) is 4.74 Å². The first-order valence-electron chi connectivity index (χ1n) is 7.72. The summed E-state index contributed by atoms with van der Waals surface area (Å²) < 4.78 is 5.56. The molecule has 0 bridgehead atoms. The Kier molecular flexibility index (Phi) is 5.84. The molecule has 0 aromatic rings. The van der Waals surface area contributed by atoms with E-state index in [0.29, 0.717) is 17.5 Å². The lowest BCUT2D eigenvalue weighted by Crippen LogP contribution is -2.60. The maximum absolute atomic E-state index is 5.56. The molecule has 114 valence electrons. The van der Waals surface area contributed by atoms with Gasteiger partial charge in [-0.05, 0) is 32.1 Å². The zero-order chi connectivity index (χ0) is 14.7. The van der Waals surface area contributed by atoms with Gasteiger partial charge in [0, 0.05) is 38.8 Å². The Bertz CT molecular complexity index is 270. The fourth-order valence-electron chi connectivity index (χ4n) is 2.77. The highest BCUT2D eigenvalue weighted by Gasteiger charge is 2.35. The van der Waals surface area contributed by atoms with E-state index in [2.05, 4.69) is 51.8 Å². The van der Waals surface area contributed by atoms with E-state index in [1.54, 1.807) is 0 Å². The lowest BCUT2D eigenvalue weighted by molar-refractivity contribution is -0.0114. The number of piperazine rings is 1. The summed E-state index contributed by atoms with van der Waals surface area (Å²) in [6.07, 6.45) is 2.30. The molecule has 1 fully saturated rings. The molecule has 0 aliphatic carbocycles. The second-order valence-corrected chi connectivity index (χ2v) is 7.60. The summed E-state index contributed by atoms with van der Waals surface area (Å²) in [5.74, 6) is 0. The number of hydrogen-bond donors (Lipinski definition) is 1. The zero-order valence-corrected chi connectivity index (χ0v) is 14.0. The Hall–Kier alpha value is -0.120. The van der Waals surface area contributed by atoms with Gasteiger partial charge in [-0.2, -0.15) is 0 Å². The Morgan fingerprint density at radius 3 is 2.32 bits per heavy atom. The van der Waals surface area contributed by atoms with Crippen LogP contribution in [0.5, 0.6) is 0 Å².